The van der Waals surface area contributed by atoms with E-state index in [0.29, 0.717) is 24.9 Å². The van der Waals surface area contributed by atoms with Crippen molar-refractivity contribution in [3.8, 4) is 5.75 Å². The molecule has 104 valence electrons. The predicted molar refractivity (Wildman–Crippen MR) is 71.6 cm³/mol. The van der Waals surface area contributed by atoms with E-state index < -0.39 is 0 Å². The Balaban J connectivity index is 1.84. The van der Waals surface area contributed by atoms with Crippen molar-refractivity contribution in [2.24, 2.45) is 5.73 Å². The molecule has 3 N–H and O–H groups in total. The molecule has 0 radical (unpaired) electrons. The summed E-state index contributed by atoms with van der Waals surface area (Å²) >= 11 is 0. The number of ether oxygens (including phenoxy) is 1. The summed E-state index contributed by atoms with van der Waals surface area (Å²) in [4.78, 5) is 13.7. The average Bonchev–Trinajstić information content (AvgIpc) is 3.27. The number of hydrogen-bond acceptors (Lipinski definition) is 4. The van der Waals surface area contributed by atoms with Gasteiger partial charge in [-0.2, -0.15) is 0 Å². The van der Waals surface area contributed by atoms with Crippen LogP contribution in [0.25, 0.3) is 0 Å². The summed E-state index contributed by atoms with van der Waals surface area (Å²) < 4.78 is 5.46. The molecule has 19 heavy (non-hydrogen) atoms. The van der Waals surface area contributed by atoms with Gasteiger partial charge in [-0.1, -0.05) is 12.1 Å². The minimum absolute atomic E-state index is 0.00651. The standard InChI is InChI=1S/C14H20N2O3/c15-9-11-1-5-13(6-2-11)19-10-14(18)16(7-8-17)12-3-4-12/h1-2,5-6,12,17H,3-4,7-10,15H2. The van der Waals surface area contributed by atoms with Crippen molar-refractivity contribution in [3.05, 3.63) is 29.8 Å². The lowest BCUT2D eigenvalue weighted by atomic mass is 10.2. The third-order valence-electron chi connectivity index (χ3n) is 3.17. The first kappa shape index (κ1) is 13.8. The number of aliphatic hydroxyl groups is 1. The maximum absolute atomic E-state index is 12.0. The van der Waals surface area contributed by atoms with E-state index in [4.69, 9.17) is 15.6 Å². The molecule has 0 heterocycles. The summed E-state index contributed by atoms with van der Waals surface area (Å²) in [6.45, 7) is 0.885. The Labute approximate surface area is 113 Å². The van der Waals surface area contributed by atoms with Crippen LogP contribution in [-0.4, -0.2) is 41.7 Å². The molecule has 1 aromatic rings. The van der Waals surface area contributed by atoms with Crippen LogP contribution in [0.3, 0.4) is 0 Å². The van der Waals surface area contributed by atoms with Crippen molar-refractivity contribution >= 4 is 5.91 Å². The highest BCUT2D eigenvalue weighted by molar-refractivity contribution is 5.78. The van der Waals surface area contributed by atoms with Crippen LogP contribution in [0.2, 0.25) is 0 Å². The number of rotatable bonds is 7. The van der Waals surface area contributed by atoms with Gasteiger partial charge < -0.3 is 20.5 Å². The van der Waals surface area contributed by atoms with E-state index in [0.717, 1.165) is 18.4 Å². The SMILES string of the molecule is NCc1ccc(OCC(=O)N(CCO)C2CC2)cc1. The summed E-state index contributed by atoms with van der Waals surface area (Å²) in [6, 6.07) is 7.67. The lowest BCUT2D eigenvalue weighted by molar-refractivity contribution is -0.134. The van der Waals surface area contributed by atoms with Gasteiger partial charge in [-0.15, -0.1) is 0 Å². The third-order valence-corrected chi connectivity index (χ3v) is 3.17. The zero-order valence-electron chi connectivity index (χ0n) is 10.9. The van der Waals surface area contributed by atoms with E-state index in [9.17, 15) is 4.79 Å². The smallest absolute Gasteiger partial charge is 0.260 e. The first-order valence-electron chi connectivity index (χ1n) is 6.56. The van der Waals surface area contributed by atoms with E-state index >= 15 is 0 Å². The van der Waals surface area contributed by atoms with Gasteiger partial charge in [-0.05, 0) is 30.5 Å². The number of carbonyl (C=O) groups is 1. The van der Waals surface area contributed by atoms with Crippen LogP contribution in [0.4, 0.5) is 0 Å². The number of carbonyl (C=O) groups excluding carboxylic acids is 1. The van der Waals surface area contributed by atoms with Gasteiger partial charge in [0.2, 0.25) is 0 Å². The van der Waals surface area contributed by atoms with Crippen LogP contribution in [0.15, 0.2) is 24.3 Å². The van der Waals surface area contributed by atoms with E-state index in [-0.39, 0.29) is 19.1 Å². The minimum Gasteiger partial charge on any atom is -0.484 e. The fourth-order valence-corrected chi connectivity index (χ4v) is 1.95. The minimum atomic E-state index is -0.0700. The summed E-state index contributed by atoms with van der Waals surface area (Å²) in [7, 11) is 0. The Morgan fingerprint density at radius 1 is 1.37 bits per heavy atom. The largest absolute Gasteiger partial charge is 0.484 e. The molecule has 5 nitrogen and oxygen atoms in total. The fraction of sp³-hybridized carbons (Fsp3) is 0.500. The van der Waals surface area contributed by atoms with Crippen molar-refractivity contribution in [2.45, 2.75) is 25.4 Å². The Kier molecular flexibility index (Phi) is 4.76. The van der Waals surface area contributed by atoms with Crippen molar-refractivity contribution in [3.63, 3.8) is 0 Å². The lowest BCUT2D eigenvalue weighted by Crippen LogP contribution is -2.38. The molecular formula is C14H20N2O3. The second kappa shape index (κ2) is 6.54. The van der Waals surface area contributed by atoms with Crippen LogP contribution in [0.1, 0.15) is 18.4 Å². The average molecular weight is 264 g/mol. The Bertz CT molecular complexity index is 415. The van der Waals surface area contributed by atoms with Crippen LogP contribution in [-0.2, 0) is 11.3 Å². The number of nitrogens with zero attached hydrogens (tertiary/aromatic N) is 1. The first-order chi connectivity index (χ1) is 9.24. The highest BCUT2D eigenvalue weighted by atomic mass is 16.5. The van der Waals surface area contributed by atoms with Gasteiger partial charge in [-0.3, -0.25) is 4.79 Å². The molecule has 1 amide bonds. The highest BCUT2D eigenvalue weighted by Gasteiger charge is 2.32. The molecule has 0 saturated heterocycles. The molecule has 5 heteroatoms. The molecule has 1 fully saturated rings. The molecule has 0 aromatic heterocycles. The molecule has 0 spiro atoms. The molecule has 0 atom stereocenters. The molecule has 2 rings (SSSR count). The van der Waals surface area contributed by atoms with Crippen molar-refractivity contribution in [1.82, 2.24) is 4.90 Å². The maximum Gasteiger partial charge on any atom is 0.260 e. The van der Waals surface area contributed by atoms with Gasteiger partial charge in [0.15, 0.2) is 6.61 Å². The first-order valence-corrected chi connectivity index (χ1v) is 6.56. The molecular weight excluding hydrogens is 244 g/mol. The highest BCUT2D eigenvalue weighted by Crippen LogP contribution is 2.26. The number of aliphatic hydroxyl groups excluding tert-OH is 1. The van der Waals surface area contributed by atoms with Crippen LogP contribution in [0.5, 0.6) is 5.75 Å². The van der Waals surface area contributed by atoms with Crippen molar-refractivity contribution in [2.75, 3.05) is 19.8 Å². The quantitative estimate of drug-likeness (QED) is 0.752. The zero-order valence-corrected chi connectivity index (χ0v) is 10.9. The maximum atomic E-state index is 12.0. The normalized spacial score (nSPS) is 14.2. The number of amides is 1. The van der Waals surface area contributed by atoms with E-state index in [1.54, 1.807) is 4.90 Å². The fourth-order valence-electron chi connectivity index (χ4n) is 1.95. The Morgan fingerprint density at radius 3 is 2.58 bits per heavy atom. The molecule has 1 aliphatic carbocycles. The molecule has 0 aliphatic heterocycles. The van der Waals surface area contributed by atoms with Crippen LogP contribution in [0, 0.1) is 0 Å². The molecule has 1 saturated carbocycles. The predicted octanol–water partition coefficient (Wildman–Crippen LogP) is 0.507. The second-order valence-corrected chi connectivity index (χ2v) is 4.68. The van der Waals surface area contributed by atoms with Crippen LogP contribution < -0.4 is 10.5 Å². The Morgan fingerprint density at radius 2 is 2.05 bits per heavy atom. The number of nitrogens with two attached hydrogens (primary N) is 1. The zero-order chi connectivity index (χ0) is 13.7. The van der Waals surface area contributed by atoms with Crippen molar-refractivity contribution in [1.29, 1.82) is 0 Å². The lowest BCUT2D eigenvalue weighted by Gasteiger charge is -2.21. The molecule has 0 unspecified atom stereocenters. The molecule has 1 aliphatic rings. The van der Waals surface area contributed by atoms with Gasteiger partial charge in [0.1, 0.15) is 5.75 Å². The van der Waals surface area contributed by atoms with Crippen LogP contribution >= 0.6 is 0 Å². The Hall–Kier alpha value is -1.59. The van der Waals surface area contributed by atoms with Crippen molar-refractivity contribution < 1.29 is 14.6 Å². The molecule has 1 aromatic carbocycles. The summed E-state index contributed by atoms with van der Waals surface area (Å²) in [5.74, 6) is 0.588. The van der Waals surface area contributed by atoms with Gasteiger partial charge in [-0.25, -0.2) is 0 Å². The monoisotopic (exact) mass is 264 g/mol. The number of hydrogen-bond donors (Lipinski definition) is 2. The van der Waals surface area contributed by atoms with Gasteiger partial charge in [0.05, 0.1) is 6.61 Å². The molecule has 0 bridgehead atoms. The summed E-state index contributed by atoms with van der Waals surface area (Å²) in [6.07, 6.45) is 2.05. The second-order valence-electron chi connectivity index (χ2n) is 4.68. The van der Waals surface area contributed by atoms with E-state index in [1.165, 1.54) is 0 Å². The van der Waals surface area contributed by atoms with E-state index in [2.05, 4.69) is 0 Å². The number of benzene rings is 1. The topological polar surface area (TPSA) is 75.8 Å². The van der Waals surface area contributed by atoms with Gasteiger partial charge >= 0.3 is 0 Å². The van der Waals surface area contributed by atoms with Gasteiger partial charge in [0.25, 0.3) is 5.91 Å². The van der Waals surface area contributed by atoms with Gasteiger partial charge in [0, 0.05) is 19.1 Å². The summed E-state index contributed by atoms with van der Waals surface area (Å²) in [5.41, 5.74) is 6.54. The third kappa shape index (κ3) is 3.94. The summed E-state index contributed by atoms with van der Waals surface area (Å²) in [5, 5.41) is 8.96. The van der Waals surface area contributed by atoms with E-state index in [1.807, 2.05) is 24.3 Å².